The van der Waals surface area contributed by atoms with Gasteiger partial charge in [-0.15, -0.1) is 6.58 Å². The molecule has 1 heterocycles. The zero-order valence-corrected chi connectivity index (χ0v) is 14.1. The van der Waals surface area contributed by atoms with E-state index in [1.54, 1.807) is 30.2 Å². The Hall–Kier alpha value is -2.04. The lowest BCUT2D eigenvalue weighted by Gasteiger charge is -2.21. The first-order valence-electron chi connectivity index (χ1n) is 6.90. The van der Waals surface area contributed by atoms with Gasteiger partial charge in [0, 0.05) is 13.1 Å². The molecule has 1 aromatic carbocycles. The van der Waals surface area contributed by atoms with E-state index in [0.717, 1.165) is 11.3 Å². The van der Waals surface area contributed by atoms with Crippen molar-refractivity contribution in [2.45, 2.75) is 6.54 Å². The number of carbonyl (C=O) groups is 1. The number of carbonyl (C=O) groups excluding carboxylic acids is 1. The fourth-order valence-corrected chi connectivity index (χ4v) is 2.38. The number of pyridine rings is 1. The van der Waals surface area contributed by atoms with Gasteiger partial charge in [-0.2, -0.15) is 0 Å². The number of aromatic nitrogens is 1. The Morgan fingerprint density at radius 2 is 1.96 bits per heavy atom. The number of hydrogen-bond donors (Lipinski definition) is 0. The summed E-state index contributed by atoms with van der Waals surface area (Å²) in [5, 5.41) is 0.490. The van der Waals surface area contributed by atoms with Crippen molar-refractivity contribution >= 4 is 29.1 Å². The Bertz CT molecular complexity index is 702. The second-order valence-corrected chi connectivity index (χ2v) is 5.58. The van der Waals surface area contributed by atoms with Crippen LogP contribution in [0.15, 0.2) is 49.1 Å². The molecule has 120 valence electrons. The molecule has 0 N–H and O–H groups in total. The summed E-state index contributed by atoms with van der Waals surface area (Å²) in [4.78, 5) is 18.3. The summed E-state index contributed by atoms with van der Waals surface area (Å²) in [5.41, 5.74) is 1.09. The molecular weight excluding hydrogens is 335 g/mol. The van der Waals surface area contributed by atoms with Gasteiger partial charge < -0.3 is 9.64 Å². The van der Waals surface area contributed by atoms with Crippen LogP contribution in [-0.4, -0.2) is 29.4 Å². The fraction of sp³-hybridized carbons (Fsp3) is 0.176. The summed E-state index contributed by atoms with van der Waals surface area (Å²) in [6, 6.07) is 10.6. The average Bonchev–Trinajstić information content (AvgIpc) is 2.56. The maximum absolute atomic E-state index is 12.7. The Labute approximate surface area is 145 Å². The Morgan fingerprint density at radius 3 is 2.57 bits per heavy atom. The third kappa shape index (κ3) is 4.47. The molecule has 0 fully saturated rings. The van der Waals surface area contributed by atoms with Gasteiger partial charge in [-0.1, -0.05) is 41.4 Å². The SMILES string of the molecule is C=CCN(Cc1ccc(OC)cc1)C(=O)c1nc(Cl)ccc1Cl. The second-order valence-electron chi connectivity index (χ2n) is 4.79. The molecule has 0 aliphatic rings. The fourth-order valence-electron chi connectivity index (χ4n) is 2.04. The molecule has 0 spiro atoms. The van der Waals surface area contributed by atoms with E-state index in [2.05, 4.69) is 11.6 Å². The minimum Gasteiger partial charge on any atom is -0.497 e. The van der Waals surface area contributed by atoms with Crippen LogP contribution in [0.5, 0.6) is 5.75 Å². The van der Waals surface area contributed by atoms with Crippen LogP contribution >= 0.6 is 23.2 Å². The molecule has 6 heteroatoms. The topological polar surface area (TPSA) is 42.4 Å². The Balaban J connectivity index is 2.24. The number of rotatable bonds is 6. The van der Waals surface area contributed by atoms with E-state index in [-0.39, 0.29) is 21.8 Å². The Morgan fingerprint density at radius 1 is 1.26 bits per heavy atom. The van der Waals surface area contributed by atoms with Gasteiger partial charge >= 0.3 is 0 Å². The van der Waals surface area contributed by atoms with Gasteiger partial charge in [-0.05, 0) is 29.8 Å². The van der Waals surface area contributed by atoms with Crippen molar-refractivity contribution in [1.29, 1.82) is 0 Å². The molecule has 0 aliphatic carbocycles. The van der Waals surface area contributed by atoms with Crippen molar-refractivity contribution in [2.24, 2.45) is 0 Å². The van der Waals surface area contributed by atoms with E-state index < -0.39 is 0 Å². The average molecular weight is 351 g/mol. The normalized spacial score (nSPS) is 10.2. The van der Waals surface area contributed by atoms with E-state index in [4.69, 9.17) is 27.9 Å². The number of nitrogens with zero attached hydrogens (tertiary/aromatic N) is 2. The van der Waals surface area contributed by atoms with Crippen LogP contribution in [0, 0.1) is 0 Å². The van der Waals surface area contributed by atoms with E-state index in [9.17, 15) is 4.79 Å². The number of amides is 1. The highest BCUT2D eigenvalue weighted by Crippen LogP contribution is 2.20. The molecule has 0 saturated heterocycles. The molecule has 2 aromatic rings. The third-order valence-corrected chi connectivity index (χ3v) is 3.70. The zero-order chi connectivity index (χ0) is 16.8. The number of ether oxygens (including phenoxy) is 1. The van der Waals surface area contributed by atoms with Crippen molar-refractivity contribution in [3.63, 3.8) is 0 Å². The summed E-state index contributed by atoms with van der Waals surface area (Å²) in [7, 11) is 1.61. The van der Waals surface area contributed by atoms with Gasteiger partial charge in [-0.3, -0.25) is 4.79 Å². The highest BCUT2D eigenvalue weighted by atomic mass is 35.5. The Kier molecular flexibility index (Phi) is 6.02. The minimum atomic E-state index is -0.298. The van der Waals surface area contributed by atoms with Crippen LogP contribution in [0.4, 0.5) is 0 Å². The number of methoxy groups -OCH3 is 1. The molecule has 0 unspecified atom stereocenters. The molecule has 0 aliphatic heterocycles. The second kappa shape index (κ2) is 7.99. The summed E-state index contributed by atoms with van der Waals surface area (Å²) < 4.78 is 5.13. The van der Waals surface area contributed by atoms with Gasteiger partial charge in [0.25, 0.3) is 5.91 Å². The summed E-state index contributed by atoms with van der Waals surface area (Å²) in [6.45, 7) is 4.46. The lowest BCUT2D eigenvalue weighted by molar-refractivity contribution is 0.0757. The van der Waals surface area contributed by atoms with Crippen LogP contribution < -0.4 is 4.74 Å². The summed E-state index contributed by atoms with van der Waals surface area (Å²) >= 11 is 11.9. The van der Waals surface area contributed by atoms with Crippen LogP contribution in [0.3, 0.4) is 0 Å². The maximum Gasteiger partial charge on any atom is 0.274 e. The van der Waals surface area contributed by atoms with Gasteiger partial charge in [0.15, 0.2) is 0 Å². The minimum absolute atomic E-state index is 0.134. The predicted molar refractivity (Wildman–Crippen MR) is 92.2 cm³/mol. The third-order valence-electron chi connectivity index (χ3n) is 3.18. The highest BCUT2D eigenvalue weighted by molar-refractivity contribution is 6.34. The lowest BCUT2D eigenvalue weighted by Crippen LogP contribution is -2.31. The largest absolute Gasteiger partial charge is 0.497 e. The van der Waals surface area contributed by atoms with E-state index in [0.29, 0.717) is 13.1 Å². The molecular formula is C17H16Cl2N2O2. The quantitative estimate of drug-likeness (QED) is 0.578. The zero-order valence-electron chi connectivity index (χ0n) is 12.6. The molecule has 0 radical (unpaired) electrons. The van der Waals surface area contributed by atoms with Crippen LogP contribution in [0.2, 0.25) is 10.2 Å². The van der Waals surface area contributed by atoms with Gasteiger partial charge in [0.2, 0.25) is 0 Å². The molecule has 0 bridgehead atoms. The van der Waals surface area contributed by atoms with E-state index >= 15 is 0 Å². The van der Waals surface area contributed by atoms with Crippen LogP contribution in [0.25, 0.3) is 0 Å². The standard InChI is InChI=1S/C17H16Cl2N2O2/c1-3-10-21(11-12-4-6-13(23-2)7-5-12)17(22)16-14(18)8-9-15(19)20-16/h3-9H,1,10-11H2,2H3. The molecule has 4 nitrogen and oxygen atoms in total. The molecule has 1 aromatic heterocycles. The first-order valence-corrected chi connectivity index (χ1v) is 7.66. The van der Waals surface area contributed by atoms with Crippen LogP contribution in [-0.2, 0) is 6.54 Å². The number of halogens is 2. The van der Waals surface area contributed by atoms with Gasteiger partial charge in [0.05, 0.1) is 12.1 Å². The lowest BCUT2D eigenvalue weighted by atomic mass is 10.2. The first-order chi connectivity index (χ1) is 11.0. The van der Waals surface area contributed by atoms with Gasteiger partial charge in [0.1, 0.15) is 16.6 Å². The summed E-state index contributed by atoms with van der Waals surface area (Å²) in [5.74, 6) is 0.461. The summed E-state index contributed by atoms with van der Waals surface area (Å²) in [6.07, 6.45) is 1.65. The van der Waals surface area contributed by atoms with Gasteiger partial charge in [-0.25, -0.2) is 4.98 Å². The number of benzene rings is 1. The molecule has 1 amide bonds. The van der Waals surface area contributed by atoms with Crippen molar-refractivity contribution in [3.05, 3.63) is 70.5 Å². The monoisotopic (exact) mass is 350 g/mol. The molecule has 23 heavy (non-hydrogen) atoms. The maximum atomic E-state index is 12.7. The smallest absolute Gasteiger partial charge is 0.274 e. The first kappa shape index (κ1) is 17.3. The molecule has 2 rings (SSSR count). The predicted octanol–water partition coefficient (Wildman–Crippen LogP) is 4.23. The number of hydrogen-bond acceptors (Lipinski definition) is 3. The van der Waals surface area contributed by atoms with Crippen LogP contribution in [0.1, 0.15) is 16.1 Å². The van der Waals surface area contributed by atoms with Crippen molar-refractivity contribution in [2.75, 3.05) is 13.7 Å². The van der Waals surface area contributed by atoms with Crippen molar-refractivity contribution in [1.82, 2.24) is 9.88 Å². The molecule has 0 atom stereocenters. The van der Waals surface area contributed by atoms with E-state index in [1.807, 2.05) is 24.3 Å². The molecule has 0 saturated carbocycles. The van der Waals surface area contributed by atoms with E-state index in [1.165, 1.54) is 0 Å². The van der Waals surface area contributed by atoms with Crippen molar-refractivity contribution in [3.8, 4) is 5.75 Å². The highest BCUT2D eigenvalue weighted by Gasteiger charge is 2.20. The van der Waals surface area contributed by atoms with Crippen molar-refractivity contribution < 1.29 is 9.53 Å².